The Morgan fingerprint density at radius 2 is 1.56 bits per heavy atom. The molecule has 16 heavy (non-hydrogen) atoms. The topological polar surface area (TPSA) is 20.2 Å². The first-order valence-electron chi connectivity index (χ1n) is 6.77. The molecule has 0 aliphatic rings. The fraction of sp³-hybridized carbons (Fsp3) is 0.857. The van der Waals surface area contributed by atoms with Gasteiger partial charge in [-0.2, -0.15) is 0 Å². The summed E-state index contributed by atoms with van der Waals surface area (Å²) in [5.41, 5.74) is 0. The Kier molecular flexibility index (Phi) is 8.03. The van der Waals surface area contributed by atoms with Crippen molar-refractivity contribution in [3.05, 3.63) is 11.8 Å². The van der Waals surface area contributed by atoms with Gasteiger partial charge in [0.2, 0.25) is 0 Å². The summed E-state index contributed by atoms with van der Waals surface area (Å²) in [4.78, 5) is 0. The van der Waals surface area contributed by atoms with E-state index < -0.39 is 8.07 Å². The average Bonchev–Trinajstić information content (AvgIpc) is 2.20. The maximum absolute atomic E-state index is 9.99. The first kappa shape index (κ1) is 15.9. The van der Waals surface area contributed by atoms with Crippen LogP contribution in [0.1, 0.15) is 51.9 Å². The lowest BCUT2D eigenvalue weighted by Crippen LogP contribution is -2.31. The first-order chi connectivity index (χ1) is 7.39. The summed E-state index contributed by atoms with van der Waals surface area (Å²) in [6.45, 7) is 13.1. The maximum atomic E-state index is 9.99. The van der Waals surface area contributed by atoms with Crippen molar-refractivity contribution < 1.29 is 5.11 Å². The largest absolute Gasteiger partial charge is 0.389 e. The minimum absolute atomic E-state index is 0.252. The summed E-state index contributed by atoms with van der Waals surface area (Å²) in [6, 6.07) is 0. The molecule has 2 heteroatoms. The second-order valence-corrected chi connectivity index (χ2v) is 11.0. The van der Waals surface area contributed by atoms with Gasteiger partial charge < -0.3 is 5.11 Å². The molecule has 0 aromatic carbocycles. The van der Waals surface area contributed by atoms with E-state index in [1.807, 2.05) is 0 Å². The number of hydrogen-bond acceptors (Lipinski definition) is 1. The monoisotopic (exact) mass is 242 g/mol. The molecule has 0 heterocycles. The molecule has 0 rings (SSSR count). The highest BCUT2D eigenvalue weighted by atomic mass is 28.3. The van der Waals surface area contributed by atoms with Gasteiger partial charge in [-0.15, -0.1) is 6.58 Å². The van der Waals surface area contributed by atoms with Gasteiger partial charge in [0.1, 0.15) is 0 Å². The Labute approximate surface area is 103 Å². The Morgan fingerprint density at radius 3 is 2.06 bits per heavy atom. The summed E-state index contributed by atoms with van der Waals surface area (Å²) < 4.78 is 0. The quantitative estimate of drug-likeness (QED) is 0.465. The van der Waals surface area contributed by atoms with Crippen LogP contribution in [-0.2, 0) is 0 Å². The molecule has 0 aromatic heterocycles. The number of rotatable bonds is 9. The van der Waals surface area contributed by atoms with Crippen LogP contribution in [0.25, 0.3) is 0 Å². The molecule has 0 fully saturated rings. The van der Waals surface area contributed by atoms with Gasteiger partial charge in [-0.05, 0) is 6.42 Å². The number of aliphatic hydroxyl groups is 1. The van der Waals surface area contributed by atoms with E-state index in [0.29, 0.717) is 0 Å². The van der Waals surface area contributed by atoms with Crippen molar-refractivity contribution >= 4 is 8.07 Å². The summed E-state index contributed by atoms with van der Waals surface area (Å²) >= 11 is 0. The van der Waals surface area contributed by atoms with E-state index in [0.717, 1.165) is 18.0 Å². The molecule has 0 amide bonds. The number of hydrogen-bond donors (Lipinski definition) is 1. The van der Waals surface area contributed by atoms with Crippen LogP contribution >= 0.6 is 0 Å². The standard InChI is InChI=1S/C14H30OSi/c1-6-7-8-9-10-11-12-14(15)13(2)16(3,4)5/h14-15H,2,6-12H2,1,3-5H3. The molecule has 96 valence electrons. The van der Waals surface area contributed by atoms with E-state index in [2.05, 4.69) is 33.1 Å². The lowest BCUT2D eigenvalue weighted by Gasteiger charge is -2.24. The Morgan fingerprint density at radius 1 is 1.06 bits per heavy atom. The number of aliphatic hydroxyl groups excluding tert-OH is 1. The van der Waals surface area contributed by atoms with Crippen LogP contribution in [-0.4, -0.2) is 19.3 Å². The fourth-order valence-corrected chi connectivity index (χ4v) is 2.94. The van der Waals surface area contributed by atoms with Gasteiger partial charge in [0.15, 0.2) is 0 Å². The molecule has 1 N–H and O–H groups in total. The molecule has 0 saturated heterocycles. The van der Waals surface area contributed by atoms with Crippen molar-refractivity contribution in [3.63, 3.8) is 0 Å². The molecule has 0 radical (unpaired) electrons. The molecular formula is C14H30OSi. The third-order valence-electron chi connectivity index (χ3n) is 3.20. The minimum Gasteiger partial charge on any atom is -0.389 e. The second-order valence-electron chi connectivity index (χ2n) is 5.85. The molecule has 0 bridgehead atoms. The molecule has 0 aliphatic carbocycles. The molecule has 1 atom stereocenters. The zero-order valence-electron chi connectivity index (χ0n) is 11.7. The Bertz CT molecular complexity index is 193. The molecule has 0 aromatic rings. The third kappa shape index (κ3) is 7.23. The van der Waals surface area contributed by atoms with E-state index in [1.165, 1.54) is 32.1 Å². The summed E-state index contributed by atoms with van der Waals surface area (Å²) in [5, 5.41) is 11.1. The lowest BCUT2D eigenvalue weighted by atomic mass is 10.1. The van der Waals surface area contributed by atoms with Gasteiger partial charge in [0, 0.05) is 0 Å². The minimum atomic E-state index is -1.35. The van der Waals surface area contributed by atoms with Crippen molar-refractivity contribution in [2.75, 3.05) is 0 Å². The highest BCUT2D eigenvalue weighted by Crippen LogP contribution is 2.20. The highest BCUT2D eigenvalue weighted by Gasteiger charge is 2.23. The van der Waals surface area contributed by atoms with E-state index in [4.69, 9.17) is 0 Å². The zero-order valence-corrected chi connectivity index (χ0v) is 12.7. The Hall–Kier alpha value is -0.0831. The van der Waals surface area contributed by atoms with Crippen LogP contribution in [0.2, 0.25) is 19.6 Å². The van der Waals surface area contributed by atoms with Crippen molar-refractivity contribution in [2.45, 2.75) is 77.6 Å². The second kappa shape index (κ2) is 8.07. The summed E-state index contributed by atoms with van der Waals surface area (Å²) in [7, 11) is -1.35. The van der Waals surface area contributed by atoms with Gasteiger partial charge in [-0.1, -0.05) is 70.3 Å². The lowest BCUT2D eigenvalue weighted by molar-refractivity contribution is 0.202. The van der Waals surface area contributed by atoms with E-state index in [-0.39, 0.29) is 6.10 Å². The van der Waals surface area contributed by atoms with Gasteiger partial charge in [-0.25, -0.2) is 0 Å². The molecule has 0 spiro atoms. The maximum Gasteiger partial charge on any atom is 0.0750 e. The molecular weight excluding hydrogens is 212 g/mol. The van der Waals surface area contributed by atoms with Crippen molar-refractivity contribution in [1.82, 2.24) is 0 Å². The third-order valence-corrected chi connectivity index (χ3v) is 5.46. The normalized spacial score (nSPS) is 13.8. The summed E-state index contributed by atoms with van der Waals surface area (Å²) in [5.74, 6) is 0. The van der Waals surface area contributed by atoms with Crippen LogP contribution in [0.4, 0.5) is 0 Å². The first-order valence-corrected chi connectivity index (χ1v) is 10.3. The van der Waals surface area contributed by atoms with Gasteiger partial charge in [0.05, 0.1) is 14.2 Å². The van der Waals surface area contributed by atoms with E-state index in [9.17, 15) is 5.11 Å². The van der Waals surface area contributed by atoms with Crippen LogP contribution in [0, 0.1) is 0 Å². The zero-order chi connectivity index (χ0) is 12.6. The molecule has 1 nitrogen and oxygen atoms in total. The summed E-state index contributed by atoms with van der Waals surface area (Å²) in [6.07, 6.45) is 8.39. The van der Waals surface area contributed by atoms with E-state index >= 15 is 0 Å². The van der Waals surface area contributed by atoms with Crippen LogP contribution in [0.15, 0.2) is 11.8 Å². The molecule has 1 unspecified atom stereocenters. The van der Waals surface area contributed by atoms with Crippen molar-refractivity contribution in [3.8, 4) is 0 Å². The van der Waals surface area contributed by atoms with Crippen LogP contribution in [0.5, 0.6) is 0 Å². The van der Waals surface area contributed by atoms with Crippen molar-refractivity contribution in [1.29, 1.82) is 0 Å². The van der Waals surface area contributed by atoms with E-state index in [1.54, 1.807) is 0 Å². The molecule has 0 saturated carbocycles. The predicted octanol–water partition coefficient (Wildman–Crippen LogP) is 4.53. The van der Waals surface area contributed by atoms with Gasteiger partial charge in [-0.3, -0.25) is 0 Å². The highest BCUT2D eigenvalue weighted by molar-refractivity contribution is 6.83. The smallest absolute Gasteiger partial charge is 0.0750 e. The van der Waals surface area contributed by atoms with Gasteiger partial charge >= 0.3 is 0 Å². The predicted molar refractivity (Wildman–Crippen MR) is 76.5 cm³/mol. The SMILES string of the molecule is C=C(C(O)CCCCCCCC)[Si](C)(C)C. The Balaban J connectivity index is 3.58. The van der Waals surface area contributed by atoms with Crippen LogP contribution in [0.3, 0.4) is 0 Å². The number of unbranched alkanes of at least 4 members (excludes halogenated alkanes) is 5. The molecule has 0 aliphatic heterocycles. The fourth-order valence-electron chi connectivity index (χ4n) is 1.79. The van der Waals surface area contributed by atoms with Crippen molar-refractivity contribution in [2.24, 2.45) is 0 Å². The van der Waals surface area contributed by atoms with Gasteiger partial charge in [0.25, 0.3) is 0 Å². The average molecular weight is 242 g/mol. The van der Waals surface area contributed by atoms with Crippen LogP contribution < -0.4 is 0 Å².